The molecule has 2 unspecified atom stereocenters. The van der Waals surface area contributed by atoms with Crippen molar-refractivity contribution in [1.82, 2.24) is 0 Å². The molecule has 0 bridgehead atoms. The highest BCUT2D eigenvalue weighted by atomic mass is 28.3. The van der Waals surface area contributed by atoms with Crippen molar-refractivity contribution in [3.05, 3.63) is 22.2 Å². The summed E-state index contributed by atoms with van der Waals surface area (Å²) in [4.78, 5) is 5.90. The molecule has 0 spiro atoms. The molecule has 152 valence electrons. The standard InChI is InChI=1S/C18H42N2O2Si4/c1-23(2,3)14-13-17(21,25(7,8)9)16(24(4,5)6)15(19)18(14,22-20)26(10,11)12/h13,21H,19-20H2,1-12H3. The minimum Gasteiger partial charge on any atom is -0.400 e. The summed E-state index contributed by atoms with van der Waals surface area (Å²) in [5.41, 5.74) is 7.71. The molecule has 0 heterocycles. The second kappa shape index (κ2) is 6.53. The molecule has 0 aromatic heterocycles. The van der Waals surface area contributed by atoms with Crippen LogP contribution in [0, 0.1) is 0 Å². The van der Waals surface area contributed by atoms with Crippen molar-refractivity contribution in [2.75, 3.05) is 0 Å². The monoisotopic (exact) mass is 430 g/mol. The van der Waals surface area contributed by atoms with E-state index >= 15 is 0 Å². The summed E-state index contributed by atoms with van der Waals surface area (Å²) in [6.07, 6.45) is 2.17. The molecule has 1 rings (SSSR count). The molecule has 4 nitrogen and oxygen atoms in total. The highest BCUT2D eigenvalue weighted by molar-refractivity contribution is 6.92. The van der Waals surface area contributed by atoms with E-state index in [-0.39, 0.29) is 0 Å². The molecule has 0 aromatic rings. The predicted molar refractivity (Wildman–Crippen MR) is 126 cm³/mol. The van der Waals surface area contributed by atoms with Gasteiger partial charge in [-0.3, -0.25) is 4.84 Å². The van der Waals surface area contributed by atoms with Crippen LogP contribution in [0.25, 0.3) is 0 Å². The fraction of sp³-hybridized carbons (Fsp3) is 0.778. The van der Waals surface area contributed by atoms with Gasteiger partial charge in [-0.15, -0.1) is 0 Å². The Bertz CT molecular complexity index is 634. The lowest BCUT2D eigenvalue weighted by atomic mass is 10.0. The summed E-state index contributed by atoms with van der Waals surface area (Å²) in [6.45, 7) is 27.1. The van der Waals surface area contributed by atoms with E-state index in [0.29, 0.717) is 0 Å². The largest absolute Gasteiger partial charge is 0.400 e. The highest BCUT2D eigenvalue weighted by Gasteiger charge is 2.62. The van der Waals surface area contributed by atoms with Crippen molar-refractivity contribution in [1.29, 1.82) is 0 Å². The van der Waals surface area contributed by atoms with Crippen LogP contribution in [0.15, 0.2) is 22.2 Å². The maximum Gasteiger partial charge on any atom is 0.132 e. The maximum atomic E-state index is 12.1. The van der Waals surface area contributed by atoms with E-state index in [9.17, 15) is 5.11 Å². The van der Waals surface area contributed by atoms with Crippen LogP contribution < -0.4 is 11.6 Å². The Kier molecular flexibility index (Phi) is 6.05. The Morgan fingerprint density at radius 2 is 1.23 bits per heavy atom. The Morgan fingerprint density at radius 3 is 1.46 bits per heavy atom. The Balaban J connectivity index is 4.19. The molecule has 5 N–H and O–H groups in total. The van der Waals surface area contributed by atoms with E-state index in [4.69, 9.17) is 16.5 Å². The summed E-state index contributed by atoms with van der Waals surface area (Å²) in [5, 5.41) is 12.7. The van der Waals surface area contributed by atoms with Crippen molar-refractivity contribution in [2.45, 2.75) is 89.0 Å². The molecule has 1 aliphatic carbocycles. The van der Waals surface area contributed by atoms with Crippen LogP contribution in [0.4, 0.5) is 0 Å². The van der Waals surface area contributed by atoms with E-state index < -0.39 is 42.7 Å². The fourth-order valence-corrected chi connectivity index (χ4v) is 16.8. The molecule has 26 heavy (non-hydrogen) atoms. The van der Waals surface area contributed by atoms with Crippen LogP contribution in [-0.2, 0) is 4.84 Å². The number of hydrogen-bond acceptors (Lipinski definition) is 4. The first-order chi connectivity index (χ1) is 11.2. The van der Waals surface area contributed by atoms with Crippen molar-refractivity contribution < 1.29 is 9.94 Å². The van der Waals surface area contributed by atoms with Crippen molar-refractivity contribution in [2.24, 2.45) is 11.6 Å². The molecular weight excluding hydrogens is 389 g/mol. The molecule has 8 heteroatoms. The average molecular weight is 431 g/mol. The third kappa shape index (κ3) is 3.54. The van der Waals surface area contributed by atoms with Crippen molar-refractivity contribution in [3.63, 3.8) is 0 Å². The number of aliphatic hydroxyl groups is 1. The van der Waals surface area contributed by atoms with Gasteiger partial charge in [-0.05, 0) is 10.4 Å². The van der Waals surface area contributed by atoms with Gasteiger partial charge >= 0.3 is 0 Å². The topological polar surface area (TPSA) is 81.5 Å². The van der Waals surface area contributed by atoms with E-state index in [2.05, 4.69) is 84.6 Å². The molecule has 0 aliphatic heterocycles. The van der Waals surface area contributed by atoms with Gasteiger partial charge in [0.05, 0.1) is 37.5 Å². The van der Waals surface area contributed by atoms with Gasteiger partial charge in [0.1, 0.15) is 5.22 Å². The molecule has 0 saturated carbocycles. The first-order valence-electron chi connectivity index (χ1n) is 9.53. The number of hydrogen-bond donors (Lipinski definition) is 3. The average Bonchev–Trinajstić information content (AvgIpc) is 2.32. The predicted octanol–water partition coefficient (Wildman–Crippen LogP) is 4.01. The second-order valence-electron chi connectivity index (χ2n) is 11.9. The lowest BCUT2D eigenvalue weighted by Gasteiger charge is -2.56. The molecule has 0 aromatic carbocycles. The van der Waals surface area contributed by atoms with E-state index in [1.165, 1.54) is 5.20 Å². The minimum atomic E-state index is -2.03. The van der Waals surface area contributed by atoms with Crippen LogP contribution in [-0.4, -0.2) is 47.9 Å². The smallest absolute Gasteiger partial charge is 0.132 e. The summed E-state index contributed by atoms with van der Waals surface area (Å²) in [5.74, 6) is 6.05. The summed E-state index contributed by atoms with van der Waals surface area (Å²) < 4.78 is 0. The first kappa shape index (κ1) is 24.1. The van der Waals surface area contributed by atoms with Crippen LogP contribution >= 0.6 is 0 Å². The number of rotatable bonds is 5. The van der Waals surface area contributed by atoms with Gasteiger partial charge in [0.25, 0.3) is 0 Å². The number of nitrogens with two attached hydrogens (primary N) is 2. The zero-order valence-electron chi connectivity index (χ0n) is 19.1. The molecule has 0 amide bonds. The van der Waals surface area contributed by atoms with E-state index in [1.807, 2.05) is 0 Å². The quantitative estimate of drug-likeness (QED) is 0.454. The lowest BCUT2D eigenvalue weighted by molar-refractivity contribution is 0.0578. The molecule has 0 fully saturated rings. The van der Waals surface area contributed by atoms with Crippen LogP contribution in [0.2, 0.25) is 78.6 Å². The SMILES string of the molecule is C[Si](C)(C)C1=CC(O)([Si](C)(C)C)C([Si](C)(C)C)=C(N)C1(ON)[Si](C)(C)C. The van der Waals surface area contributed by atoms with Crippen LogP contribution in [0.5, 0.6) is 0 Å². The van der Waals surface area contributed by atoms with Crippen molar-refractivity contribution >= 4 is 32.3 Å². The summed E-state index contributed by atoms with van der Waals surface area (Å²) >= 11 is 0. The molecule has 1 aliphatic rings. The van der Waals surface area contributed by atoms with Gasteiger partial charge in [0, 0.05) is 5.70 Å². The Morgan fingerprint density at radius 1 is 0.808 bits per heavy atom. The van der Waals surface area contributed by atoms with E-state index in [1.54, 1.807) is 0 Å². The second-order valence-corrected chi connectivity index (χ2v) is 32.4. The van der Waals surface area contributed by atoms with Gasteiger partial charge in [0.2, 0.25) is 0 Å². The van der Waals surface area contributed by atoms with E-state index in [0.717, 1.165) is 10.9 Å². The van der Waals surface area contributed by atoms with Gasteiger partial charge in [0.15, 0.2) is 0 Å². The Hall–Kier alpha value is 0.0275. The summed E-state index contributed by atoms with van der Waals surface area (Å²) in [6, 6.07) is 0. The van der Waals surface area contributed by atoms with Gasteiger partial charge < -0.3 is 10.8 Å². The molecule has 0 saturated heterocycles. The van der Waals surface area contributed by atoms with Crippen molar-refractivity contribution in [3.8, 4) is 0 Å². The zero-order chi connectivity index (χ0) is 21.1. The Labute approximate surface area is 165 Å². The fourth-order valence-electron chi connectivity index (χ4n) is 4.33. The van der Waals surface area contributed by atoms with Gasteiger partial charge in [-0.2, -0.15) is 0 Å². The zero-order valence-corrected chi connectivity index (χ0v) is 23.1. The third-order valence-electron chi connectivity index (χ3n) is 5.70. The molecule has 0 radical (unpaired) electrons. The first-order valence-corrected chi connectivity index (χ1v) is 23.5. The minimum absolute atomic E-state index is 0.725. The van der Waals surface area contributed by atoms with Gasteiger partial charge in [-0.25, -0.2) is 5.90 Å². The summed E-state index contributed by atoms with van der Waals surface area (Å²) in [7, 11) is -7.86. The molecule has 2 atom stereocenters. The van der Waals surface area contributed by atoms with Gasteiger partial charge in [-0.1, -0.05) is 84.6 Å². The normalized spacial score (nSPS) is 29.1. The lowest BCUT2D eigenvalue weighted by Crippen LogP contribution is -2.70. The highest BCUT2D eigenvalue weighted by Crippen LogP contribution is 2.51. The van der Waals surface area contributed by atoms with Crippen LogP contribution in [0.1, 0.15) is 0 Å². The van der Waals surface area contributed by atoms with Crippen LogP contribution in [0.3, 0.4) is 0 Å². The maximum absolute atomic E-state index is 12.1. The molecular formula is C18H42N2O2Si4. The third-order valence-corrected chi connectivity index (χ3v) is 15.9.